The number of nitrogens with one attached hydrogen (secondary N) is 1. The second kappa shape index (κ2) is 5.72. The Bertz CT molecular complexity index is 524. The van der Waals surface area contributed by atoms with Gasteiger partial charge in [0.05, 0.1) is 17.4 Å². The van der Waals surface area contributed by atoms with Gasteiger partial charge in [0.15, 0.2) is 0 Å². The smallest absolute Gasteiger partial charge is 0.0931 e. The summed E-state index contributed by atoms with van der Waals surface area (Å²) >= 11 is 0. The fourth-order valence-corrected chi connectivity index (χ4v) is 2.05. The summed E-state index contributed by atoms with van der Waals surface area (Å²) < 4.78 is 0. The molecule has 0 aliphatic heterocycles. The van der Waals surface area contributed by atoms with Gasteiger partial charge < -0.3 is 15.6 Å². The highest BCUT2D eigenvalue weighted by molar-refractivity contribution is 5.75. The van der Waals surface area contributed by atoms with Crippen LogP contribution in [0.1, 0.15) is 25.8 Å². The molecule has 0 fully saturated rings. The third-order valence-corrected chi connectivity index (χ3v) is 3.40. The van der Waals surface area contributed by atoms with Crippen molar-refractivity contribution >= 4 is 11.0 Å². The minimum Gasteiger partial charge on any atom is -0.345 e. The third-order valence-electron chi connectivity index (χ3n) is 3.40. The predicted octanol–water partition coefficient (Wildman–Crippen LogP) is 2.16. The summed E-state index contributed by atoms with van der Waals surface area (Å²) in [4.78, 5) is 9.72. The average molecular weight is 260 g/mol. The first-order chi connectivity index (χ1) is 8.94. The summed E-state index contributed by atoms with van der Waals surface area (Å²) in [5, 5.41) is 0. The maximum atomic E-state index is 6.00. The zero-order valence-corrected chi connectivity index (χ0v) is 12.1. The number of rotatable bonds is 6. The van der Waals surface area contributed by atoms with Crippen molar-refractivity contribution in [1.29, 1.82) is 0 Å². The number of hydrogen-bond acceptors (Lipinski definition) is 3. The van der Waals surface area contributed by atoms with Crippen molar-refractivity contribution in [2.45, 2.75) is 32.2 Å². The molecule has 0 bridgehead atoms. The predicted molar refractivity (Wildman–Crippen MR) is 80.2 cm³/mol. The molecule has 0 aliphatic rings. The van der Waals surface area contributed by atoms with Crippen molar-refractivity contribution < 1.29 is 0 Å². The van der Waals surface area contributed by atoms with Gasteiger partial charge in [0.1, 0.15) is 0 Å². The van der Waals surface area contributed by atoms with E-state index in [1.165, 1.54) is 5.56 Å². The summed E-state index contributed by atoms with van der Waals surface area (Å²) in [5.74, 6) is 0. The standard InChI is InChI=1S/C15H24N4/c1-15(2,16)7-9-19(3)8-6-12-4-5-13-14(10-12)18-11-17-13/h4-5,10-11H,6-9,16H2,1-3H3,(H,17,18). The topological polar surface area (TPSA) is 57.9 Å². The fraction of sp³-hybridized carbons (Fsp3) is 0.533. The molecule has 3 N–H and O–H groups in total. The van der Waals surface area contributed by atoms with E-state index in [-0.39, 0.29) is 5.54 Å². The van der Waals surface area contributed by atoms with E-state index in [4.69, 9.17) is 5.73 Å². The second-order valence-corrected chi connectivity index (χ2v) is 6.05. The van der Waals surface area contributed by atoms with Crippen LogP contribution in [0.3, 0.4) is 0 Å². The van der Waals surface area contributed by atoms with Gasteiger partial charge in [0.25, 0.3) is 0 Å². The van der Waals surface area contributed by atoms with Gasteiger partial charge in [-0.1, -0.05) is 6.07 Å². The quantitative estimate of drug-likeness (QED) is 0.837. The van der Waals surface area contributed by atoms with Crippen molar-refractivity contribution in [1.82, 2.24) is 14.9 Å². The molecule has 19 heavy (non-hydrogen) atoms. The molecular weight excluding hydrogens is 236 g/mol. The minimum absolute atomic E-state index is 0.0803. The normalized spacial score (nSPS) is 12.5. The Balaban J connectivity index is 1.84. The first-order valence-electron chi connectivity index (χ1n) is 6.83. The number of nitrogens with two attached hydrogens (primary N) is 1. The van der Waals surface area contributed by atoms with E-state index in [9.17, 15) is 0 Å². The van der Waals surface area contributed by atoms with E-state index in [2.05, 4.69) is 54.0 Å². The molecular formula is C15H24N4. The number of benzene rings is 1. The monoisotopic (exact) mass is 260 g/mol. The second-order valence-electron chi connectivity index (χ2n) is 6.05. The Morgan fingerprint density at radius 1 is 1.32 bits per heavy atom. The van der Waals surface area contributed by atoms with Crippen LogP contribution in [-0.2, 0) is 6.42 Å². The summed E-state index contributed by atoms with van der Waals surface area (Å²) in [6, 6.07) is 6.41. The molecule has 4 nitrogen and oxygen atoms in total. The number of aromatic amines is 1. The highest BCUT2D eigenvalue weighted by Crippen LogP contribution is 2.12. The first-order valence-corrected chi connectivity index (χ1v) is 6.83. The molecule has 2 aromatic rings. The molecule has 1 aromatic heterocycles. The van der Waals surface area contributed by atoms with Gasteiger partial charge in [-0.2, -0.15) is 0 Å². The first kappa shape index (κ1) is 14.0. The number of imidazole rings is 1. The number of likely N-dealkylation sites (N-methyl/N-ethyl adjacent to an activating group) is 1. The lowest BCUT2D eigenvalue weighted by Crippen LogP contribution is -2.36. The molecule has 104 valence electrons. The molecule has 2 rings (SSSR count). The SMILES string of the molecule is CN(CCc1ccc2nc[nH]c2c1)CCC(C)(C)N. The van der Waals surface area contributed by atoms with E-state index in [1.54, 1.807) is 6.33 Å². The van der Waals surface area contributed by atoms with Gasteiger partial charge in [0, 0.05) is 12.1 Å². The zero-order chi connectivity index (χ0) is 13.9. The van der Waals surface area contributed by atoms with Crippen molar-refractivity contribution in [2.24, 2.45) is 5.73 Å². The Hall–Kier alpha value is -1.39. The van der Waals surface area contributed by atoms with Crippen LogP contribution in [0.15, 0.2) is 24.5 Å². The lowest BCUT2D eigenvalue weighted by atomic mass is 10.0. The summed E-state index contributed by atoms with van der Waals surface area (Å²) in [6.45, 7) is 6.24. The Labute approximate surface area is 115 Å². The van der Waals surface area contributed by atoms with Gasteiger partial charge >= 0.3 is 0 Å². The molecule has 0 aliphatic carbocycles. The highest BCUT2D eigenvalue weighted by atomic mass is 15.1. The summed E-state index contributed by atoms with van der Waals surface area (Å²) in [6.07, 6.45) is 3.81. The number of aromatic nitrogens is 2. The lowest BCUT2D eigenvalue weighted by Gasteiger charge is -2.23. The van der Waals surface area contributed by atoms with Crippen LogP contribution < -0.4 is 5.73 Å². The number of hydrogen-bond donors (Lipinski definition) is 2. The number of fused-ring (bicyclic) bond motifs is 1. The van der Waals surface area contributed by atoms with Crippen molar-refractivity contribution in [2.75, 3.05) is 20.1 Å². The molecule has 0 atom stereocenters. The van der Waals surface area contributed by atoms with Crippen LogP contribution >= 0.6 is 0 Å². The Morgan fingerprint density at radius 2 is 2.11 bits per heavy atom. The summed E-state index contributed by atoms with van der Waals surface area (Å²) in [5.41, 5.74) is 9.41. The largest absolute Gasteiger partial charge is 0.345 e. The van der Waals surface area contributed by atoms with E-state index >= 15 is 0 Å². The highest BCUT2D eigenvalue weighted by Gasteiger charge is 2.11. The molecule has 4 heteroatoms. The lowest BCUT2D eigenvalue weighted by molar-refractivity contribution is 0.298. The summed E-state index contributed by atoms with van der Waals surface area (Å²) in [7, 11) is 2.15. The van der Waals surface area contributed by atoms with Crippen molar-refractivity contribution in [3.63, 3.8) is 0 Å². The van der Waals surface area contributed by atoms with Crippen LogP contribution in [0.25, 0.3) is 11.0 Å². The molecule has 0 amide bonds. The van der Waals surface area contributed by atoms with Crippen LogP contribution in [0.4, 0.5) is 0 Å². The molecule has 0 saturated heterocycles. The van der Waals surface area contributed by atoms with Gasteiger partial charge in [0.2, 0.25) is 0 Å². The van der Waals surface area contributed by atoms with Crippen LogP contribution in [0.5, 0.6) is 0 Å². The van der Waals surface area contributed by atoms with Crippen molar-refractivity contribution in [3.8, 4) is 0 Å². The molecule has 0 unspecified atom stereocenters. The van der Waals surface area contributed by atoms with Crippen molar-refractivity contribution in [3.05, 3.63) is 30.1 Å². The van der Waals surface area contributed by atoms with Crippen LogP contribution in [-0.4, -0.2) is 40.5 Å². The number of H-pyrrole nitrogens is 1. The van der Waals surface area contributed by atoms with E-state index in [0.717, 1.165) is 37.0 Å². The Morgan fingerprint density at radius 3 is 2.84 bits per heavy atom. The van der Waals surface area contributed by atoms with E-state index in [1.807, 2.05) is 0 Å². The van der Waals surface area contributed by atoms with Gasteiger partial charge in [-0.3, -0.25) is 0 Å². The fourth-order valence-electron chi connectivity index (χ4n) is 2.05. The average Bonchev–Trinajstić information content (AvgIpc) is 2.80. The zero-order valence-electron chi connectivity index (χ0n) is 12.1. The molecule has 0 spiro atoms. The molecule has 0 saturated carbocycles. The third kappa shape index (κ3) is 4.33. The van der Waals surface area contributed by atoms with Gasteiger partial charge in [-0.05, 0) is 58.0 Å². The maximum absolute atomic E-state index is 6.00. The molecule has 1 heterocycles. The molecule has 0 radical (unpaired) electrons. The van der Waals surface area contributed by atoms with Crippen LogP contribution in [0, 0.1) is 0 Å². The van der Waals surface area contributed by atoms with Gasteiger partial charge in [-0.15, -0.1) is 0 Å². The van der Waals surface area contributed by atoms with Crippen LogP contribution in [0.2, 0.25) is 0 Å². The van der Waals surface area contributed by atoms with E-state index in [0.29, 0.717) is 0 Å². The molecule has 1 aromatic carbocycles. The van der Waals surface area contributed by atoms with E-state index < -0.39 is 0 Å². The minimum atomic E-state index is -0.0803. The Kier molecular flexibility index (Phi) is 4.22. The number of nitrogens with zero attached hydrogens (tertiary/aromatic N) is 2. The van der Waals surface area contributed by atoms with Gasteiger partial charge in [-0.25, -0.2) is 4.98 Å². The maximum Gasteiger partial charge on any atom is 0.0931 e.